The maximum Gasteiger partial charge on any atom is -0.00328 e. The Balaban J connectivity index is 0.000000545. The lowest BCUT2D eigenvalue weighted by Gasteiger charge is -2.10. The van der Waals surface area contributed by atoms with Crippen molar-refractivity contribution in [1.82, 2.24) is 0 Å². The van der Waals surface area contributed by atoms with Gasteiger partial charge in [0.05, 0.1) is 0 Å². The van der Waals surface area contributed by atoms with Gasteiger partial charge in [-0.15, -0.1) is 0 Å². The average molecular weight is 288 g/mol. The highest BCUT2D eigenvalue weighted by Gasteiger charge is 2.07. The van der Waals surface area contributed by atoms with E-state index in [1.165, 1.54) is 33.5 Å². The minimum absolute atomic E-state index is 1.01. The van der Waals surface area contributed by atoms with Gasteiger partial charge in [-0.25, -0.2) is 0 Å². The van der Waals surface area contributed by atoms with Gasteiger partial charge in [0.25, 0.3) is 0 Å². The summed E-state index contributed by atoms with van der Waals surface area (Å²) in [6.07, 6.45) is 3.14. The SMILES string of the molecule is C=Cc1cccc2c1c(=C)c(=C)c1c(C)cccc12.CCC. The minimum Gasteiger partial charge on any atom is -0.0984 e. The summed E-state index contributed by atoms with van der Waals surface area (Å²) in [6.45, 7) is 18.8. The first-order valence-electron chi connectivity index (χ1n) is 7.81. The van der Waals surface area contributed by atoms with Crippen LogP contribution in [0.2, 0.25) is 0 Å². The van der Waals surface area contributed by atoms with Crippen molar-refractivity contribution in [2.24, 2.45) is 0 Å². The Hall–Kier alpha value is -2.34. The van der Waals surface area contributed by atoms with E-state index in [0.717, 1.165) is 16.0 Å². The maximum absolute atomic E-state index is 4.24. The number of hydrogen-bond acceptors (Lipinski definition) is 0. The third-order valence-electron chi connectivity index (χ3n) is 3.85. The summed E-state index contributed by atoms with van der Waals surface area (Å²) in [7, 11) is 0. The average Bonchev–Trinajstić information content (AvgIpc) is 2.52. The predicted molar refractivity (Wildman–Crippen MR) is 103 cm³/mol. The van der Waals surface area contributed by atoms with Crippen LogP contribution in [0.4, 0.5) is 0 Å². The summed E-state index contributed by atoms with van der Waals surface area (Å²) in [5.74, 6) is 0. The van der Waals surface area contributed by atoms with E-state index in [1.807, 2.05) is 6.08 Å². The van der Waals surface area contributed by atoms with Gasteiger partial charge in [0.15, 0.2) is 0 Å². The van der Waals surface area contributed by atoms with Crippen LogP contribution in [-0.2, 0) is 0 Å². The number of benzene rings is 3. The van der Waals surface area contributed by atoms with Crippen molar-refractivity contribution >= 4 is 40.8 Å². The van der Waals surface area contributed by atoms with Gasteiger partial charge in [-0.05, 0) is 50.0 Å². The number of hydrogen-bond donors (Lipinski definition) is 0. The Morgan fingerprint density at radius 3 is 1.95 bits per heavy atom. The molecule has 0 bridgehead atoms. The van der Waals surface area contributed by atoms with Crippen LogP contribution in [0.25, 0.3) is 40.8 Å². The van der Waals surface area contributed by atoms with Crippen LogP contribution < -0.4 is 10.4 Å². The number of aryl methyl sites for hydroxylation is 1. The minimum atomic E-state index is 1.01. The summed E-state index contributed by atoms with van der Waals surface area (Å²) in [6, 6.07) is 12.7. The van der Waals surface area contributed by atoms with Crippen LogP contribution in [0.3, 0.4) is 0 Å². The molecule has 112 valence electrons. The fourth-order valence-electron chi connectivity index (χ4n) is 2.90. The fraction of sp³-hybridized carbons (Fsp3) is 0.182. The van der Waals surface area contributed by atoms with E-state index in [0.29, 0.717) is 0 Å². The lowest BCUT2D eigenvalue weighted by Crippen LogP contribution is -2.24. The Morgan fingerprint density at radius 2 is 1.36 bits per heavy atom. The third-order valence-corrected chi connectivity index (χ3v) is 3.85. The van der Waals surface area contributed by atoms with Crippen LogP contribution in [-0.4, -0.2) is 0 Å². The zero-order valence-corrected chi connectivity index (χ0v) is 13.9. The van der Waals surface area contributed by atoms with Gasteiger partial charge in [-0.1, -0.05) is 82.5 Å². The predicted octanol–water partition coefficient (Wildman–Crippen LogP) is 5.18. The molecule has 0 saturated heterocycles. The van der Waals surface area contributed by atoms with E-state index in [4.69, 9.17) is 0 Å². The largest absolute Gasteiger partial charge is 0.0984 e. The van der Waals surface area contributed by atoms with Crippen LogP contribution in [0.15, 0.2) is 43.0 Å². The first kappa shape index (κ1) is 16.0. The highest BCUT2D eigenvalue weighted by atomic mass is 14.1. The van der Waals surface area contributed by atoms with Gasteiger partial charge >= 0.3 is 0 Å². The second-order valence-electron chi connectivity index (χ2n) is 5.64. The highest BCUT2D eigenvalue weighted by Crippen LogP contribution is 2.25. The van der Waals surface area contributed by atoms with Crippen LogP contribution in [0.1, 0.15) is 31.4 Å². The molecule has 3 aromatic carbocycles. The summed E-state index contributed by atoms with van der Waals surface area (Å²) < 4.78 is 0. The first-order valence-corrected chi connectivity index (χ1v) is 7.81. The van der Waals surface area contributed by atoms with Crippen molar-refractivity contribution in [2.75, 3.05) is 0 Å². The molecule has 0 amide bonds. The highest BCUT2D eigenvalue weighted by molar-refractivity contribution is 6.10. The van der Waals surface area contributed by atoms with E-state index < -0.39 is 0 Å². The Bertz CT molecular complexity index is 930. The lowest BCUT2D eigenvalue weighted by atomic mass is 9.93. The maximum atomic E-state index is 4.24. The van der Waals surface area contributed by atoms with Gasteiger partial charge in [0.1, 0.15) is 0 Å². The van der Waals surface area contributed by atoms with E-state index >= 15 is 0 Å². The monoisotopic (exact) mass is 288 g/mol. The van der Waals surface area contributed by atoms with Crippen molar-refractivity contribution in [1.29, 1.82) is 0 Å². The van der Waals surface area contributed by atoms with Crippen molar-refractivity contribution in [2.45, 2.75) is 27.2 Å². The van der Waals surface area contributed by atoms with E-state index in [-0.39, 0.29) is 0 Å². The van der Waals surface area contributed by atoms with Crippen molar-refractivity contribution in [3.8, 4) is 0 Å². The van der Waals surface area contributed by atoms with Gasteiger partial charge in [0.2, 0.25) is 0 Å². The third kappa shape index (κ3) is 2.57. The second-order valence-corrected chi connectivity index (χ2v) is 5.64. The normalized spacial score (nSPS) is 10.3. The second kappa shape index (κ2) is 6.62. The topological polar surface area (TPSA) is 0 Å². The molecule has 0 heteroatoms. The van der Waals surface area contributed by atoms with Crippen LogP contribution >= 0.6 is 0 Å². The number of fused-ring (bicyclic) bond motifs is 3. The van der Waals surface area contributed by atoms with E-state index in [9.17, 15) is 0 Å². The van der Waals surface area contributed by atoms with Crippen molar-refractivity contribution in [3.63, 3.8) is 0 Å². The van der Waals surface area contributed by atoms with Crippen molar-refractivity contribution in [3.05, 3.63) is 64.5 Å². The molecule has 22 heavy (non-hydrogen) atoms. The summed E-state index contributed by atoms with van der Waals surface area (Å²) in [5.41, 5.74) is 2.37. The Morgan fingerprint density at radius 1 is 0.864 bits per heavy atom. The molecule has 0 radical (unpaired) electrons. The summed E-state index contributed by atoms with van der Waals surface area (Å²) >= 11 is 0. The molecule has 0 aromatic heterocycles. The molecule has 0 aliphatic heterocycles. The van der Waals surface area contributed by atoms with Gasteiger partial charge in [0, 0.05) is 0 Å². The standard InChI is InChI=1S/C19H16.C3H8/c1-5-15-9-7-11-17-16-10-6-8-12(2)18(16)13(3)14(4)19(15)17;1-3-2/h5-11H,1,3-4H2,2H3;3H2,1-2H3. The molecule has 0 saturated carbocycles. The van der Waals surface area contributed by atoms with E-state index in [1.54, 1.807) is 0 Å². The van der Waals surface area contributed by atoms with E-state index in [2.05, 4.69) is 76.9 Å². The lowest BCUT2D eigenvalue weighted by molar-refractivity contribution is 1.09. The van der Waals surface area contributed by atoms with Crippen LogP contribution in [0, 0.1) is 6.92 Å². The quantitative estimate of drug-likeness (QED) is 0.541. The molecule has 0 nitrogen and oxygen atoms in total. The molecule has 3 rings (SSSR count). The molecule has 0 aliphatic carbocycles. The molecule has 0 atom stereocenters. The smallest absolute Gasteiger partial charge is 0.00328 e. The molecule has 0 heterocycles. The van der Waals surface area contributed by atoms with Gasteiger partial charge in [-0.2, -0.15) is 0 Å². The Kier molecular flexibility index (Phi) is 4.82. The van der Waals surface area contributed by atoms with Crippen molar-refractivity contribution < 1.29 is 0 Å². The molecular formula is C22H24. The number of rotatable bonds is 1. The molecule has 0 N–H and O–H groups in total. The zero-order chi connectivity index (χ0) is 16.3. The fourth-order valence-corrected chi connectivity index (χ4v) is 2.90. The molecule has 3 aromatic rings. The summed E-state index contributed by atoms with van der Waals surface area (Å²) in [5, 5.41) is 6.90. The first-order chi connectivity index (χ1) is 10.6. The molecule has 0 unspecified atom stereocenters. The van der Waals surface area contributed by atoms with Gasteiger partial charge < -0.3 is 0 Å². The molecule has 0 spiro atoms. The molecular weight excluding hydrogens is 264 g/mol. The van der Waals surface area contributed by atoms with Crippen LogP contribution in [0.5, 0.6) is 0 Å². The molecule has 0 fully saturated rings. The zero-order valence-electron chi connectivity index (χ0n) is 13.9. The molecule has 0 aliphatic rings. The Labute approximate surface area is 133 Å². The van der Waals surface area contributed by atoms with Gasteiger partial charge in [-0.3, -0.25) is 0 Å². The summed E-state index contributed by atoms with van der Waals surface area (Å²) in [4.78, 5) is 0.